The highest BCUT2D eigenvalue weighted by Gasteiger charge is 2.31. The molecule has 0 saturated carbocycles. The zero-order valence-electron chi connectivity index (χ0n) is 8.13. The Bertz CT molecular complexity index is 262. The molecular formula is C8H14N4O2. The standard InChI is InChI=1S/C8H14N4O2/c1-6-3-12(4-7(6)5-13)8(14)2-10-11-9/h6-7,13H,2-5H2,1H3/t6-,7+/m1/s1. The minimum absolute atomic E-state index is 0.104. The minimum Gasteiger partial charge on any atom is -0.396 e. The molecule has 0 bridgehead atoms. The molecule has 1 aliphatic heterocycles. The first-order valence-electron chi connectivity index (χ1n) is 4.58. The van der Waals surface area contributed by atoms with Crippen molar-refractivity contribution < 1.29 is 9.90 Å². The van der Waals surface area contributed by atoms with Gasteiger partial charge in [-0.3, -0.25) is 4.79 Å². The van der Waals surface area contributed by atoms with Gasteiger partial charge in [-0.2, -0.15) is 0 Å². The molecule has 1 aliphatic rings. The predicted molar refractivity (Wildman–Crippen MR) is 50.3 cm³/mol. The summed E-state index contributed by atoms with van der Waals surface area (Å²) in [4.78, 5) is 15.6. The molecule has 1 heterocycles. The summed E-state index contributed by atoms with van der Waals surface area (Å²) in [5.74, 6) is 0.311. The number of aliphatic hydroxyl groups excluding tert-OH is 1. The van der Waals surface area contributed by atoms with Crippen LogP contribution in [-0.4, -0.2) is 42.2 Å². The van der Waals surface area contributed by atoms with Crippen LogP contribution in [0, 0.1) is 11.8 Å². The first kappa shape index (κ1) is 10.8. The maximum Gasteiger partial charge on any atom is 0.228 e. The predicted octanol–water partition coefficient (Wildman–Crippen LogP) is 0.384. The fourth-order valence-corrected chi connectivity index (χ4v) is 1.67. The number of carbonyl (C=O) groups is 1. The van der Waals surface area contributed by atoms with Gasteiger partial charge < -0.3 is 10.0 Å². The summed E-state index contributed by atoms with van der Waals surface area (Å²) in [6.45, 7) is 3.19. The monoisotopic (exact) mass is 198 g/mol. The number of aliphatic hydroxyl groups is 1. The number of carbonyl (C=O) groups excluding carboxylic acids is 1. The van der Waals surface area contributed by atoms with Gasteiger partial charge in [0.25, 0.3) is 0 Å². The van der Waals surface area contributed by atoms with Crippen molar-refractivity contribution in [3.63, 3.8) is 0 Å². The van der Waals surface area contributed by atoms with Crippen molar-refractivity contribution in [1.29, 1.82) is 0 Å². The van der Waals surface area contributed by atoms with Gasteiger partial charge in [0.05, 0.1) is 0 Å². The van der Waals surface area contributed by atoms with E-state index in [1.807, 2.05) is 6.92 Å². The van der Waals surface area contributed by atoms with Gasteiger partial charge >= 0.3 is 0 Å². The molecule has 0 unspecified atom stereocenters. The molecule has 78 valence electrons. The normalized spacial score (nSPS) is 26.0. The van der Waals surface area contributed by atoms with Crippen LogP contribution in [0.15, 0.2) is 5.11 Å². The van der Waals surface area contributed by atoms with Gasteiger partial charge in [-0.25, -0.2) is 0 Å². The maximum absolute atomic E-state index is 11.4. The Balaban J connectivity index is 2.48. The highest BCUT2D eigenvalue weighted by atomic mass is 16.3. The molecule has 0 aliphatic carbocycles. The number of amides is 1. The second-order valence-corrected chi connectivity index (χ2v) is 3.61. The molecule has 1 saturated heterocycles. The fraction of sp³-hybridized carbons (Fsp3) is 0.875. The van der Waals surface area contributed by atoms with Crippen LogP contribution in [0.2, 0.25) is 0 Å². The molecule has 1 fully saturated rings. The molecule has 0 spiro atoms. The van der Waals surface area contributed by atoms with E-state index in [2.05, 4.69) is 10.0 Å². The van der Waals surface area contributed by atoms with Crippen molar-refractivity contribution in [2.24, 2.45) is 17.0 Å². The molecular weight excluding hydrogens is 184 g/mol. The van der Waals surface area contributed by atoms with E-state index in [4.69, 9.17) is 10.6 Å². The average Bonchev–Trinajstić information content (AvgIpc) is 2.56. The molecule has 0 aromatic rings. The van der Waals surface area contributed by atoms with Crippen LogP contribution >= 0.6 is 0 Å². The minimum atomic E-state index is -0.161. The lowest BCUT2D eigenvalue weighted by atomic mass is 10.00. The van der Waals surface area contributed by atoms with Crippen LogP contribution in [-0.2, 0) is 4.79 Å². The number of nitrogens with zero attached hydrogens (tertiary/aromatic N) is 4. The number of hydrogen-bond donors (Lipinski definition) is 1. The third kappa shape index (κ3) is 2.37. The van der Waals surface area contributed by atoms with Gasteiger partial charge in [0.1, 0.15) is 6.54 Å². The summed E-state index contributed by atoms with van der Waals surface area (Å²) in [5.41, 5.74) is 8.06. The Kier molecular flexibility index (Phi) is 3.73. The summed E-state index contributed by atoms with van der Waals surface area (Å²) >= 11 is 0. The van der Waals surface area contributed by atoms with Crippen LogP contribution in [0.3, 0.4) is 0 Å². The Hall–Kier alpha value is -1.26. The van der Waals surface area contributed by atoms with E-state index < -0.39 is 0 Å². The largest absolute Gasteiger partial charge is 0.396 e. The first-order chi connectivity index (χ1) is 6.69. The molecule has 0 aromatic carbocycles. The fourth-order valence-electron chi connectivity index (χ4n) is 1.67. The Labute approximate surface area is 82.1 Å². The number of hydrogen-bond acceptors (Lipinski definition) is 3. The van der Waals surface area contributed by atoms with Crippen LogP contribution in [0.1, 0.15) is 6.92 Å². The lowest BCUT2D eigenvalue weighted by Gasteiger charge is -2.14. The van der Waals surface area contributed by atoms with E-state index >= 15 is 0 Å². The van der Waals surface area contributed by atoms with Crippen LogP contribution in [0.5, 0.6) is 0 Å². The van der Waals surface area contributed by atoms with Crippen molar-refractivity contribution >= 4 is 5.91 Å². The average molecular weight is 198 g/mol. The highest BCUT2D eigenvalue weighted by Crippen LogP contribution is 2.22. The van der Waals surface area contributed by atoms with Gasteiger partial charge in [-0.05, 0) is 11.4 Å². The van der Waals surface area contributed by atoms with Crippen LogP contribution < -0.4 is 0 Å². The van der Waals surface area contributed by atoms with E-state index in [1.165, 1.54) is 0 Å². The van der Waals surface area contributed by atoms with Crippen LogP contribution in [0.25, 0.3) is 10.4 Å². The molecule has 1 amide bonds. The van der Waals surface area contributed by atoms with Gasteiger partial charge in [-0.15, -0.1) is 0 Å². The topological polar surface area (TPSA) is 89.3 Å². The van der Waals surface area contributed by atoms with E-state index in [1.54, 1.807) is 4.90 Å². The smallest absolute Gasteiger partial charge is 0.228 e. The van der Waals surface area contributed by atoms with E-state index in [-0.39, 0.29) is 25.0 Å². The molecule has 0 radical (unpaired) electrons. The summed E-state index contributed by atoms with van der Waals surface area (Å²) in [5, 5.41) is 12.2. The zero-order chi connectivity index (χ0) is 10.6. The van der Waals surface area contributed by atoms with Crippen molar-refractivity contribution in [1.82, 2.24) is 4.90 Å². The van der Waals surface area contributed by atoms with Crippen molar-refractivity contribution in [3.8, 4) is 0 Å². The SMILES string of the molecule is C[C@@H]1CN(C(=O)CN=[N+]=[N-])C[C@H]1CO. The van der Waals surface area contributed by atoms with E-state index in [9.17, 15) is 4.79 Å². The quantitative estimate of drug-likeness (QED) is 0.403. The second kappa shape index (κ2) is 4.83. The molecule has 2 atom stereocenters. The number of rotatable bonds is 3. The Morgan fingerprint density at radius 2 is 2.43 bits per heavy atom. The summed E-state index contributed by atoms with van der Waals surface area (Å²) in [7, 11) is 0. The van der Waals surface area contributed by atoms with Crippen molar-refractivity contribution in [3.05, 3.63) is 10.4 Å². The summed E-state index contributed by atoms with van der Waals surface area (Å²) in [6.07, 6.45) is 0. The highest BCUT2D eigenvalue weighted by molar-refractivity contribution is 5.78. The summed E-state index contributed by atoms with van der Waals surface area (Å²) < 4.78 is 0. The lowest BCUT2D eigenvalue weighted by molar-refractivity contribution is -0.128. The molecule has 1 N–H and O–H groups in total. The van der Waals surface area contributed by atoms with E-state index in [0.29, 0.717) is 19.0 Å². The first-order valence-corrected chi connectivity index (χ1v) is 4.58. The molecule has 0 aromatic heterocycles. The van der Waals surface area contributed by atoms with Gasteiger partial charge in [-0.1, -0.05) is 12.0 Å². The van der Waals surface area contributed by atoms with Gasteiger partial charge in [0.2, 0.25) is 5.91 Å². The number of azide groups is 1. The van der Waals surface area contributed by atoms with Crippen molar-refractivity contribution in [2.75, 3.05) is 26.2 Å². The van der Waals surface area contributed by atoms with Crippen LogP contribution in [0.4, 0.5) is 0 Å². The van der Waals surface area contributed by atoms with Crippen molar-refractivity contribution in [2.45, 2.75) is 6.92 Å². The van der Waals surface area contributed by atoms with E-state index in [0.717, 1.165) is 0 Å². The maximum atomic E-state index is 11.4. The Morgan fingerprint density at radius 1 is 1.71 bits per heavy atom. The third-order valence-corrected chi connectivity index (χ3v) is 2.62. The Morgan fingerprint density at radius 3 is 2.93 bits per heavy atom. The lowest BCUT2D eigenvalue weighted by Crippen LogP contribution is -2.30. The summed E-state index contributed by atoms with van der Waals surface area (Å²) in [6, 6.07) is 0. The zero-order valence-corrected chi connectivity index (χ0v) is 8.13. The molecule has 6 heteroatoms. The third-order valence-electron chi connectivity index (χ3n) is 2.62. The molecule has 6 nitrogen and oxygen atoms in total. The van der Waals surface area contributed by atoms with Gasteiger partial charge in [0, 0.05) is 30.5 Å². The second-order valence-electron chi connectivity index (χ2n) is 3.61. The van der Waals surface area contributed by atoms with Gasteiger partial charge in [0.15, 0.2) is 0 Å². The molecule has 1 rings (SSSR count). The number of likely N-dealkylation sites (tertiary alicyclic amines) is 1. The molecule has 14 heavy (non-hydrogen) atoms.